The van der Waals surface area contributed by atoms with Gasteiger partial charge < -0.3 is 5.32 Å². The van der Waals surface area contributed by atoms with E-state index in [0.29, 0.717) is 19.1 Å². The minimum atomic E-state index is -3.29. The average Bonchev–Trinajstić information content (AvgIpc) is 2.89. The summed E-state index contributed by atoms with van der Waals surface area (Å²) < 4.78 is 28.0. The molecule has 0 spiro atoms. The van der Waals surface area contributed by atoms with E-state index in [1.54, 1.807) is 11.4 Å². The van der Waals surface area contributed by atoms with Crippen LogP contribution in [-0.4, -0.2) is 80.3 Å². The van der Waals surface area contributed by atoms with Crippen molar-refractivity contribution >= 4 is 22.6 Å². The zero-order valence-electron chi connectivity index (χ0n) is 12.6. The molecule has 2 rings (SSSR count). The fraction of sp³-hybridized carbons (Fsp3) is 1.00. The van der Waals surface area contributed by atoms with Crippen LogP contribution >= 0.6 is 12.4 Å². The summed E-state index contributed by atoms with van der Waals surface area (Å²) in [5.41, 5.74) is 0. The van der Waals surface area contributed by atoms with E-state index in [9.17, 15) is 8.42 Å². The van der Waals surface area contributed by atoms with Gasteiger partial charge in [0.25, 0.3) is 10.2 Å². The lowest BCUT2D eigenvalue weighted by molar-refractivity contribution is 0.179. The second-order valence-corrected chi connectivity index (χ2v) is 7.69. The van der Waals surface area contributed by atoms with Crippen molar-refractivity contribution in [2.24, 2.45) is 0 Å². The highest BCUT2D eigenvalue weighted by molar-refractivity contribution is 7.86. The number of hydrogen-bond acceptors (Lipinski definition) is 4. The highest BCUT2D eigenvalue weighted by atomic mass is 35.5. The molecule has 2 saturated heterocycles. The van der Waals surface area contributed by atoms with Crippen molar-refractivity contribution in [3.05, 3.63) is 0 Å². The minimum absolute atomic E-state index is 0. The summed E-state index contributed by atoms with van der Waals surface area (Å²) in [6, 6.07) is 0.390. The smallest absolute Gasteiger partial charge is 0.282 e. The molecule has 0 bridgehead atoms. The van der Waals surface area contributed by atoms with Crippen LogP contribution in [-0.2, 0) is 10.2 Å². The van der Waals surface area contributed by atoms with Gasteiger partial charge in [0.1, 0.15) is 0 Å². The Labute approximate surface area is 129 Å². The van der Waals surface area contributed by atoms with E-state index in [1.807, 2.05) is 13.8 Å². The number of rotatable bonds is 4. The molecular weight excluding hydrogens is 300 g/mol. The summed E-state index contributed by atoms with van der Waals surface area (Å²) in [4.78, 5) is 2.42. The second-order valence-electron chi connectivity index (χ2n) is 5.70. The third kappa shape index (κ3) is 3.84. The summed E-state index contributed by atoms with van der Waals surface area (Å²) in [6.45, 7) is 9.16. The van der Waals surface area contributed by atoms with Crippen LogP contribution in [0.1, 0.15) is 20.3 Å². The summed E-state index contributed by atoms with van der Waals surface area (Å²) in [6.07, 6.45) is 0.950. The van der Waals surface area contributed by atoms with E-state index in [4.69, 9.17) is 0 Å². The SMILES string of the molecule is CC(C)N(C)S(=O)(=O)N1CCC(N2CCNCC2)C1.Cl. The van der Waals surface area contributed by atoms with Gasteiger partial charge in [-0.1, -0.05) is 0 Å². The van der Waals surface area contributed by atoms with Crippen LogP contribution < -0.4 is 5.32 Å². The zero-order chi connectivity index (χ0) is 14.0. The molecule has 1 atom stereocenters. The lowest BCUT2D eigenvalue weighted by Gasteiger charge is -2.33. The molecule has 0 aromatic carbocycles. The van der Waals surface area contributed by atoms with Crippen molar-refractivity contribution in [2.45, 2.75) is 32.4 Å². The first kappa shape index (κ1) is 18.1. The molecule has 2 aliphatic heterocycles. The summed E-state index contributed by atoms with van der Waals surface area (Å²) in [5, 5.41) is 3.33. The van der Waals surface area contributed by atoms with Gasteiger partial charge in [-0.3, -0.25) is 4.90 Å². The minimum Gasteiger partial charge on any atom is -0.314 e. The van der Waals surface area contributed by atoms with Crippen molar-refractivity contribution < 1.29 is 8.42 Å². The molecule has 2 aliphatic rings. The van der Waals surface area contributed by atoms with Crippen LogP contribution in [0.3, 0.4) is 0 Å². The Morgan fingerprint density at radius 3 is 2.35 bits per heavy atom. The van der Waals surface area contributed by atoms with Crippen LogP contribution in [0.2, 0.25) is 0 Å². The van der Waals surface area contributed by atoms with Gasteiger partial charge in [-0.25, -0.2) is 0 Å². The predicted molar refractivity (Wildman–Crippen MR) is 83.5 cm³/mol. The third-order valence-electron chi connectivity index (χ3n) is 4.21. The molecule has 20 heavy (non-hydrogen) atoms. The Morgan fingerprint density at radius 1 is 1.20 bits per heavy atom. The van der Waals surface area contributed by atoms with Gasteiger partial charge in [0, 0.05) is 58.4 Å². The van der Waals surface area contributed by atoms with E-state index in [2.05, 4.69) is 10.2 Å². The van der Waals surface area contributed by atoms with Gasteiger partial charge in [0.2, 0.25) is 0 Å². The lowest BCUT2D eigenvalue weighted by atomic mass is 10.2. The second kappa shape index (κ2) is 7.38. The quantitative estimate of drug-likeness (QED) is 0.788. The number of nitrogens with one attached hydrogen (secondary N) is 1. The van der Waals surface area contributed by atoms with E-state index in [0.717, 1.165) is 32.6 Å². The molecule has 0 radical (unpaired) electrons. The van der Waals surface area contributed by atoms with Crippen LogP contribution in [0, 0.1) is 0 Å². The fourth-order valence-electron chi connectivity index (χ4n) is 2.71. The van der Waals surface area contributed by atoms with E-state index >= 15 is 0 Å². The van der Waals surface area contributed by atoms with Gasteiger partial charge in [0.05, 0.1) is 0 Å². The zero-order valence-corrected chi connectivity index (χ0v) is 14.2. The van der Waals surface area contributed by atoms with Crippen molar-refractivity contribution in [3.8, 4) is 0 Å². The largest absolute Gasteiger partial charge is 0.314 e. The van der Waals surface area contributed by atoms with E-state index < -0.39 is 10.2 Å². The molecule has 8 heteroatoms. The van der Waals surface area contributed by atoms with Gasteiger partial charge in [-0.05, 0) is 20.3 Å². The molecule has 0 amide bonds. The first-order valence-corrected chi connectivity index (χ1v) is 8.50. The molecular formula is C12H27ClN4O2S. The molecule has 2 heterocycles. The first-order valence-electron chi connectivity index (χ1n) is 7.11. The molecule has 2 fully saturated rings. The van der Waals surface area contributed by atoms with Crippen molar-refractivity contribution in [1.29, 1.82) is 0 Å². The van der Waals surface area contributed by atoms with E-state index in [1.165, 1.54) is 4.31 Å². The van der Waals surface area contributed by atoms with Gasteiger partial charge >= 0.3 is 0 Å². The number of nitrogens with zero attached hydrogens (tertiary/aromatic N) is 3. The molecule has 120 valence electrons. The standard InChI is InChI=1S/C12H26N4O2S.ClH/c1-11(2)14(3)19(17,18)16-7-4-12(10-16)15-8-5-13-6-9-15;/h11-13H,4-10H2,1-3H3;1H. The predicted octanol–water partition coefficient (Wildman–Crippen LogP) is -0.0273. The van der Waals surface area contributed by atoms with E-state index in [-0.39, 0.29) is 18.4 Å². The number of halogens is 1. The van der Waals surface area contributed by atoms with Crippen molar-refractivity contribution in [1.82, 2.24) is 18.8 Å². The van der Waals surface area contributed by atoms with Gasteiger partial charge in [0.15, 0.2) is 0 Å². The van der Waals surface area contributed by atoms with Crippen LogP contribution in [0.5, 0.6) is 0 Å². The molecule has 1 unspecified atom stereocenters. The first-order chi connectivity index (χ1) is 8.93. The highest BCUT2D eigenvalue weighted by Gasteiger charge is 2.37. The molecule has 1 N–H and O–H groups in total. The Morgan fingerprint density at radius 2 is 1.80 bits per heavy atom. The van der Waals surface area contributed by atoms with Crippen LogP contribution in [0.4, 0.5) is 0 Å². The molecule has 0 aromatic heterocycles. The Kier molecular flexibility index (Phi) is 6.69. The third-order valence-corrected chi connectivity index (χ3v) is 6.35. The molecule has 0 aromatic rings. The van der Waals surface area contributed by atoms with Gasteiger partial charge in [-0.15, -0.1) is 12.4 Å². The maximum atomic E-state index is 12.4. The molecule has 0 saturated carbocycles. The number of piperazine rings is 1. The highest BCUT2D eigenvalue weighted by Crippen LogP contribution is 2.21. The van der Waals surface area contributed by atoms with Crippen LogP contribution in [0.25, 0.3) is 0 Å². The lowest BCUT2D eigenvalue weighted by Crippen LogP contribution is -2.50. The van der Waals surface area contributed by atoms with Gasteiger partial charge in [-0.2, -0.15) is 17.0 Å². The summed E-state index contributed by atoms with van der Waals surface area (Å²) in [7, 11) is -1.62. The molecule has 6 nitrogen and oxygen atoms in total. The maximum Gasteiger partial charge on any atom is 0.282 e. The summed E-state index contributed by atoms with van der Waals surface area (Å²) in [5.74, 6) is 0. The van der Waals surface area contributed by atoms with Crippen molar-refractivity contribution in [2.75, 3.05) is 46.3 Å². The number of hydrogen-bond donors (Lipinski definition) is 1. The monoisotopic (exact) mass is 326 g/mol. The Bertz CT molecular complexity index is 398. The average molecular weight is 327 g/mol. The topological polar surface area (TPSA) is 55.9 Å². The van der Waals surface area contributed by atoms with Crippen LogP contribution in [0.15, 0.2) is 0 Å². The summed E-state index contributed by atoms with van der Waals surface area (Å²) >= 11 is 0. The normalized spacial score (nSPS) is 26.1. The Hall–Kier alpha value is 0.0800. The maximum absolute atomic E-state index is 12.4. The Balaban J connectivity index is 0.00000200. The van der Waals surface area contributed by atoms with Crippen molar-refractivity contribution in [3.63, 3.8) is 0 Å². The fourth-order valence-corrected chi connectivity index (χ4v) is 4.31. The molecule has 0 aliphatic carbocycles.